The Kier molecular flexibility index (Phi) is 6.01. The van der Waals surface area contributed by atoms with Crippen LogP contribution in [0.4, 0.5) is 0 Å². The number of aryl methyl sites for hydroxylation is 1. The van der Waals surface area contributed by atoms with Crippen molar-refractivity contribution >= 4 is 23.3 Å². The molecule has 0 bridgehead atoms. The number of hydrogen-bond donors (Lipinski definition) is 2. The molecule has 0 amide bonds. The zero-order chi connectivity index (χ0) is 23.6. The third-order valence-corrected chi connectivity index (χ3v) is 6.21. The Balaban J connectivity index is 1.67. The van der Waals surface area contributed by atoms with Crippen LogP contribution in [0.2, 0.25) is 0 Å². The molecule has 4 rings (SSSR count). The summed E-state index contributed by atoms with van der Waals surface area (Å²) in [6.45, 7) is 6.55. The van der Waals surface area contributed by atoms with E-state index < -0.39 is 5.97 Å². The second-order valence-corrected chi connectivity index (χ2v) is 9.08. The number of carboxylic acid groups (broad SMARTS) is 1. The molecule has 4 nitrogen and oxygen atoms in total. The Morgan fingerprint density at radius 2 is 1.64 bits per heavy atom. The number of carboxylic acids is 1. The molecule has 0 aromatic heterocycles. The minimum Gasteiger partial charge on any atom is -0.478 e. The van der Waals surface area contributed by atoms with Gasteiger partial charge in [0.25, 0.3) is 0 Å². The van der Waals surface area contributed by atoms with Crippen molar-refractivity contribution in [3.8, 4) is 0 Å². The summed E-state index contributed by atoms with van der Waals surface area (Å²) in [6, 6.07) is 21.4. The lowest BCUT2D eigenvalue weighted by Crippen LogP contribution is -2.22. The Morgan fingerprint density at radius 1 is 0.970 bits per heavy atom. The first kappa shape index (κ1) is 22.3. The van der Waals surface area contributed by atoms with Crippen molar-refractivity contribution in [2.75, 3.05) is 0 Å². The first-order valence-electron chi connectivity index (χ1n) is 10.9. The molecular formula is C29H27NO3. The van der Waals surface area contributed by atoms with Crippen LogP contribution < -0.4 is 0 Å². The van der Waals surface area contributed by atoms with Gasteiger partial charge >= 0.3 is 5.97 Å². The number of aromatic carboxylic acids is 1. The minimum atomic E-state index is -0.959. The number of fused-ring (bicyclic) bond motifs is 1. The summed E-state index contributed by atoms with van der Waals surface area (Å²) in [4.78, 5) is 11.0. The third-order valence-electron chi connectivity index (χ3n) is 6.21. The van der Waals surface area contributed by atoms with Crippen LogP contribution in [0.1, 0.15) is 64.0 Å². The molecule has 3 aromatic carbocycles. The molecule has 3 aromatic rings. The van der Waals surface area contributed by atoms with Gasteiger partial charge in [0.05, 0.1) is 5.56 Å². The van der Waals surface area contributed by atoms with Crippen LogP contribution >= 0.6 is 0 Å². The van der Waals surface area contributed by atoms with Gasteiger partial charge in [-0.3, -0.25) is 0 Å². The molecule has 0 saturated heterocycles. The van der Waals surface area contributed by atoms with E-state index >= 15 is 0 Å². The summed E-state index contributed by atoms with van der Waals surface area (Å²) < 4.78 is 0. The summed E-state index contributed by atoms with van der Waals surface area (Å²) in [5.41, 5.74) is 8.37. The highest BCUT2D eigenvalue weighted by molar-refractivity contribution is 6.11. The van der Waals surface area contributed by atoms with E-state index in [0.717, 1.165) is 17.5 Å². The van der Waals surface area contributed by atoms with E-state index in [1.807, 2.05) is 12.1 Å². The molecule has 0 spiro atoms. The van der Waals surface area contributed by atoms with Crippen LogP contribution in [0, 0.1) is 6.92 Å². The van der Waals surface area contributed by atoms with Gasteiger partial charge in [0.2, 0.25) is 0 Å². The maximum absolute atomic E-state index is 11.0. The second kappa shape index (κ2) is 8.91. The van der Waals surface area contributed by atoms with E-state index in [1.165, 1.54) is 27.8 Å². The zero-order valence-electron chi connectivity index (χ0n) is 19.0. The number of carbonyl (C=O) groups is 1. The molecule has 0 aliphatic heterocycles. The number of oxime groups is 1. The summed E-state index contributed by atoms with van der Waals surface area (Å²) in [5.74, 6) is -0.959. The first-order valence-corrected chi connectivity index (χ1v) is 10.9. The van der Waals surface area contributed by atoms with Gasteiger partial charge in [-0.2, -0.15) is 0 Å². The maximum Gasteiger partial charge on any atom is 0.335 e. The average Bonchev–Trinajstić information content (AvgIpc) is 2.81. The fourth-order valence-electron chi connectivity index (χ4n) is 4.18. The number of rotatable bonds is 5. The van der Waals surface area contributed by atoms with E-state index in [4.69, 9.17) is 5.11 Å². The largest absolute Gasteiger partial charge is 0.478 e. The Morgan fingerprint density at radius 3 is 2.27 bits per heavy atom. The van der Waals surface area contributed by atoms with Crippen LogP contribution in [0.5, 0.6) is 0 Å². The molecule has 166 valence electrons. The van der Waals surface area contributed by atoms with Crippen molar-refractivity contribution < 1.29 is 15.1 Å². The monoisotopic (exact) mass is 437 g/mol. The number of allylic oxidation sites excluding steroid dienone is 2. The quantitative estimate of drug-likeness (QED) is 0.265. The van der Waals surface area contributed by atoms with E-state index in [0.29, 0.717) is 5.71 Å². The van der Waals surface area contributed by atoms with E-state index in [2.05, 4.69) is 68.4 Å². The van der Waals surface area contributed by atoms with Gasteiger partial charge in [-0.05, 0) is 70.9 Å². The lowest BCUT2D eigenvalue weighted by atomic mass is 9.71. The van der Waals surface area contributed by atoms with Crippen molar-refractivity contribution in [2.45, 2.75) is 32.6 Å². The van der Waals surface area contributed by atoms with Crippen LogP contribution in [-0.4, -0.2) is 22.0 Å². The smallest absolute Gasteiger partial charge is 0.335 e. The van der Waals surface area contributed by atoms with E-state index in [1.54, 1.807) is 30.3 Å². The third kappa shape index (κ3) is 4.65. The topological polar surface area (TPSA) is 69.9 Å². The normalized spacial score (nSPS) is 15.2. The Bertz CT molecular complexity index is 1280. The van der Waals surface area contributed by atoms with Crippen molar-refractivity contribution in [2.24, 2.45) is 5.16 Å². The Hall–Kier alpha value is -3.92. The maximum atomic E-state index is 11.0. The molecule has 0 unspecified atom stereocenters. The molecule has 4 heteroatoms. The molecule has 0 radical (unpaired) electrons. The predicted octanol–water partition coefficient (Wildman–Crippen LogP) is 6.70. The van der Waals surface area contributed by atoms with E-state index in [-0.39, 0.29) is 11.0 Å². The highest BCUT2D eigenvalue weighted by Crippen LogP contribution is 2.41. The predicted molar refractivity (Wildman–Crippen MR) is 133 cm³/mol. The summed E-state index contributed by atoms with van der Waals surface area (Å²) >= 11 is 0. The Labute approximate surface area is 194 Å². The van der Waals surface area contributed by atoms with Crippen molar-refractivity contribution in [3.05, 3.63) is 118 Å². The molecule has 0 saturated carbocycles. The van der Waals surface area contributed by atoms with Gasteiger partial charge in [0.15, 0.2) is 0 Å². The van der Waals surface area contributed by atoms with Gasteiger partial charge in [-0.25, -0.2) is 4.79 Å². The fourth-order valence-corrected chi connectivity index (χ4v) is 4.18. The molecule has 1 aliphatic carbocycles. The standard InChI is InChI=1S/C29H27NO3/c1-19-4-9-21(10-5-19)24-16-17-29(2,3)26-18-23(13-14-25(24)26)27(30-33)15-8-20-6-11-22(12-7-20)28(31)32/h4-16,18,33H,17H2,1-3H3,(H,31,32)/b15-8+,30-27+. The van der Waals surface area contributed by atoms with Crippen molar-refractivity contribution in [1.29, 1.82) is 0 Å². The van der Waals surface area contributed by atoms with Gasteiger partial charge in [0.1, 0.15) is 5.71 Å². The molecule has 2 N–H and O–H groups in total. The van der Waals surface area contributed by atoms with Gasteiger partial charge in [-0.15, -0.1) is 0 Å². The van der Waals surface area contributed by atoms with Crippen molar-refractivity contribution in [1.82, 2.24) is 0 Å². The number of hydrogen-bond acceptors (Lipinski definition) is 3. The SMILES string of the molecule is Cc1ccc(C2=CCC(C)(C)c3cc(C(/C=C/c4ccc(C(=O)O)cc4)=N/O)ccc32)cc1. The zero-order valence-corrected chi connectivity index (χ0v) is 19.0. The fraction of sp³-hybridized carbons (Fsp3) is 0.172. The lowest BCUT2D eigenvalue weighted by molar-refractivity contribution is 0.0697. The summed E-state index contributed by atoms with van der Waals surface area (Å²) in [6.07, 6.45) is 6.78. The van der Waals surface area contributed by atoms with Crippen molar-refractivity contribution in [3.63, 3.8) is 0 Å². The highest BCUT2D eigenvalue weighted by atomic mass is 16.4. The minimum absolute atomic E-state index is 0.0452. The summed E-state index contributed by atoms with van der Waals surface area (Å²) in [5, 5.41) is 22.3. The number of nitrogens with zero attached hydrogens (tertiary/aromatic N) is 1. The van der Waals surface area contributed by atoms with Gasteiger partial charge < -0.3 is 10.3 Å². The molecule has 0 heterocycles. The van der Waals surface area contributed by atoms with E-state index in [9.17, 15) is 10.0 Å². The molecule has 33 heavy (non-hydrogen) atoms. The summed E-state index contributed by atoms with van der Waals surface area (Å²) in [7, 11) is 0. The highest BCUT2D eigenvalue weighted by Gasteiger charge is 2.29. The van der Waals surface area contributed by atoms with Gasteiger partial charge in [-0.1, -0.05) is 85.2 Å². The second-order valence-electron chi connectivity index (χ2n) is 9.08. The molecular weight excluding hydrogens is 410 g/mol. The molecule has 0 fully saturated rings. The number of benzene rings is 3. The average molecular weight is 438 g/mol. The lowest BCUT2D eigenvalue weighted by Gasteiger charge is -2.33. The first-order chi connectivity index (χ1) is 15.8. The van der Waals surface area contributed by atoms with Crippen LogP contribution in [-0.2, 0) is 5.41 Å². The van der Waals surface area contributed by atoms with Crippen LogP contribution in [0.3, 0.4) is 0 Å². The van der Waals surface area contributed by atoms with Crippen LogP contribution in [0.25, 0.3) is 11.6 Å². The molecule has 0 atom stereocenters. The molecule has 1 aliphatic rings. The van der Waals surface area contributed by atoms with Gasteiger partial charge in [0, 0.05) is 5.56 Å². The van der Waals surface area contributed by atoms with Crippen LogP contribution in [0.15, 0.2) is 84.0 Å².